The molecule has 0 heterocycles. The number of carbonyl (C=O) groups excluding carboxylic acids is 1. The first-order chi connectivity index (χ1) is 12.4. The molecule has 0 unspecified atom stereocenters. The Labute approximate surface area is 157 Å². The van der Waals surface area contributed by atoms with E-state index in [0.717, 1.165) is 11.1 Å². The molecule has 0 fully saturated rings. The monoisotopic (exact) mass is 360 g/mol. The molecule has 0 saturated carbocycles. The van der Waals surface area contributed by atoms with Crippen LogP contribution in [0.15, 0.2) is 72.0 Å². The summed E-state index contributed by atoms with van der Waals surface area (Å²) < 4.78 is 5.35. The molecule has 0 amide bonds. The molecule has 0 aliphatic carbocycles. The Balaban J connectivity index is 2.18. The van der Waals surface area contributed by atoms with E-state index in [9.17, 15) is 4.79 Å². The first-order valence-corrected chi connectivity index (χ1v) is 12.2. The van der Waals surface area contributed by atoms with E-state index in [-0.39, 0.29) is 12.6 Å². The number of rotatable bonds is 5. The van der Waals surface area contributed by atoms with Crippen LogP contribution in [0.5, 0.6) is 0 Å². The second-order valence-corrected chi connectivity index (χ2v) is 11.7. The third-order valence-corrected chi connectivity index (χ3v) is 4.35. The average Bonchev–Trinajstić information content (AvgIpc) is 2.63. The van der Waals surface area contributed by atoms with E-state index in [2.05, 4.69) is 36.8 Å². The van der Waals surface area contributed by atoms with E-state index < -0.39 is 8.07 Å². The lowest BCUT2D eigenvalue weighted by molar-refractivity contribution is -0.137. The zero-order valence-electron chi connectivity index (χ0n) is 15.6. The lowest BCUT2D eigenvalue weighted by Crippen LogP contribution is -2.17. The van der Waals surface area contributed by atoms with Crippen LogP contribution < -0.4 is 0 Å². The van der Waals surface area contributed by atoms with Gasteiger partial charge in [-0.15, -0.1) is 11.3 Å². The lowest BCUT2D eigenvalue weighted by atomic mass is 10.1. The number of ether oxygens (including phenoxy) is 1. The molecular weight excluding hydrogens is 336 g/mol. The fraction of sp³-hybridized carbons (Fsp3) is 0.217. The zero-order chi connectivity index (χ0) is 18.8. The summed E-state index contributed by atoms with van der Waals surface area (Å²) in [7, 11) is -1.46. The molecule has 2 aromatic carbocycles. The molecule has 0 aliphatic rings. The minimum atomic E-state index is -1.46. The summed E-state index contributed by atoms with van der Waals surface area (Å²) >= 11 is 0. The van der Waals surface area contributed by atoms with Gasteiger partial charge in [0.25, 0.3) is 0 Å². The van der Waals surface area contributed by atoms with Crippen LogP contribution in [-0.2, 0) is 16.0 Å². The summed E-state index contributed by atoms with van der Waals surface area (Å²) in [6.45, 7) is 6.59. The number of hydrogen-bond donors (Lipinski definition) is 0. The second kappa shape index (κ2) is 9.63. The molecule has 0 radical (unpaired) electrons. The normalized spacial score (nSPS) is 10.1. The molecule has 2 aromatic rings. The third kappa shape index (κ3) is 7.40. The maximum Gasteiger partial charge on any atom is 0.343 e. The minimum Gasteiger partial charge on any atom is -0.449 e. The lowest BCUT2D eigenvalue weighted by Gasteiger charge is -2.06. The Hall–Kier alpha value is -2.79. The van der Waals surface area contributed by atoms with Crippen molar-refractivity contribution >= 4 is 20.1 Å². The molecular formula is C23H24O2Si. The van der Waals surface area contributed by atoms with Gasteiger partial charge in [-0.1, -0.05) is 86.2 Å². The van der Waals surface area contributed by atoms with E-state index >= 15 is 0 Å². The van der Waals surface area contributed by atoms with Crippen molar-refractivity contribution in [3.05, 3.63) is 83.1 Å². The van der Waals surface area contributed by atoms with Crippen molar-refractivity contribution in [2.24, 2.45) is 0 Å². The Kier molecular flexibility index (Phi) is 7.23. The van der Waals surface area contributed by atoms with Crippen LogP contribution in [0.1, 0.15) is 11.1 Å². The van der Waals surface area contributed by atoms with Crippen LogP contribution in [-0.4, -0.2) is 20.7 Å². The first-order valence-electron chi connectivity index (χ1n) is 8.66. The van der Waals surface area contributed by atoms with Gasteiger partial charge in [0.2, 0.25) is 0 Å². The van der Waals surface area contributed by atoms with Crippen LogP contribution in [0, 0.1) is 11.5 Å². The minimum absolute atomic E-state index is 0.119. The summed E-state index contributed by atoms with van der Waals surface area (Å²) in [4.78, 5) is 12.5. The summed E-state index contributed by atoms with van der Waals surface area (Å²) in [6.07, 6.45) is 2.29. The zero-order valence-corrected chi connectivity index (χ0v) is 16.6. The van der Waals surface area contributed by atoms with Crippen molar-refractivity contribution in [1.29, 1.82) is 0 Å². The van der Waals surface area contributed by atoms with E-state index in [1.165, 1.54) is 0 Å². The van der Waals surface area contributed by atoms with Crippen LogP contribution >= 0.6 is 0 Å². The molecule has 2 nitrogen and oxygen atoms in total. The topological polar surface area (TPSA) is 26.3 Å². The highest BCUT2D eigenvalue weighted by atomic mass is 28.3. The van der Waals surface area contributed by atoms with Crippen molar-refractivity contribution in [1.82, 2.24) is 0 Å². The van der Waals surface area contributed by atoms with Gasteiger partial charge in [0.15, 0.2) is 6.61 Å². The molecule has 0 atom stereocenters. The summed E-state index contributed by atoms with van der Waals surface area (Å²) in [5.74, 6) is 2.60. The SMILES string of the molecule is C[Si](C)(C)C#CCOC(=O)C(=C=Cc1ccccc1)Cc1ccccc1. The van der Waals surface area contributed by atoms with E-state index in [1.54, 1.807) is 0 Å². The molecule has 0 saturated heterocycles. The predicted molar refractivity (Wildman–Crippen MR) is 110 cm³/mol. The van der Waals surface area contributed by atoms with E-state index in [1.807, 2.05) is 66.7 Å². The highest BCUT2D eigenvalue weighted by molar-refractivity contribution is 6.83. The van der Waals surface area contributed by atoms with Crippen LogP contribution in [0.4, 0.5) is 0 Å². The van der Waals surface area contributed by atoms with Gasteiger partial charge < -0.3 is 4.74 Å². The summed E-state index contributed by atoms with van der Waals surface area (Å²) in [5, 5.41) is 0. The molecule has 0 bridgehead atoms. The van der Waals surface area contributed by atoms with Crippen molar-refractivity contribution in [2.75, 3.05) is 6.61 Å². The maximum absolute atomic E-state index is 12.5. The fourth-order valence-electron chi connectivity index (χ4n) is 2.19. The Morgan fingerprint density at radius 2 is 1.62 bits per heavy atom. The Morgan fingerprint density at radius 3 is 2.23 bits per heavy atom. The van der Waals surface area contributed by atoms with Crippen molar-refractivity contribution < 1.29 is 9.53 Å². The quantitative estimate of drug-likeness (QED) is 0.249. The van der Waals surface area contributed by atoms with Crippen molar-refractivity contribution in [2.45, 2.75) is 26.1 Å². The molecule has 0 N–H and O–H groups in total. The van der Waals surface area contributed by atoms with Crippen molar-refractivity contribution in [3.8, 4) is 11.5 Å². The molecule has 0 aliphatic heterocycles. The maximum atomic E-state index is 12.5. The fourth-order valence-corrected chi connectivity index (χ4v) is 2.79. The largest absolute Gasteiger partial charge is 0.449 e. The van der Waals surface area contributed by atoms with Gasteiger partial charge in [0.05, 0.1) is 5.57 Å². The van der Waals surface area contributed by atoms with E-state index in [4.69, 9.17) is 4.74 Å². The van der Waals surface area contributed by atoms with Crippen LogP contribution in [0.25, 0.3) is 6.08 Å². The highest BCUT2D eigenvalue weighted by Gasteiger charge is 2.12. The number of carbonyl (C=O) groups is 1. The standard InChI is InChI=1S/C23H24O2Si/c1-26(2,3)18-10-17-25-23(24)22(19-21-13-8-5-9-14-21)16-15-20-11-6-4-7-12-20/h4-9,11-15H,17,19H2,1-3H3. The van der Waals surface area contributed by atoms with E-state index in [0.29, 0.717) is 12.0 Å². The number of benzene rings is 2. The van der Waals surface area contributed by atoms with Crippen LogP contribution in [0.2, 0.25) is 19.6 Å². The van der Waals surface area contributed by atoms with Gasteiger partial charge in [0.1, 0.15) is 8.07 Å². The third-order valence-electron chi connectivity index (χ3n) is 3.42. The number of hydrogen-bond acceptors (Lipinski definition) is 2. The van der Waals surface area contributed by atoms with Gasteiger partial charge in [0, 0.05) is 6.42 Å². The Bertz CT molecular complexity index is 844. The van der Waals surface area contributed by atoms with Crippen LogP contribution in [0.3, 0.4) is 0 Å². The average molecular weight is 361 g/mol. The second-order valence-electron chi connectivity index (χ2n) is 6.97. The molecule has 0 spiro atoms. The molecule has 0 aromatic heterocycles. The van der Waals surface area contributed by atoms with Gasteiger partial charge in [-0.25, -0.2) is 4.79 Å². The molecule has 26 heavy (non-hydrogen) atoms. The molecule has 132 valence electrons. The highest BCUT2D eigenvalue weighted by Crippen LogP contribution is 2.10. The molecule has 2 rings (SSSR count). The van der Waals surface area contributed by atoms with Gasteiger partial charge in [-0.2, -0.15) is 0 Å². The smallest absolute Gasteiger partial charge is 0.343 e. The van der Waals surface area contributed by atoms with Gasteiger partial charge >= 0.3 is 5.97 Å². The van der Waals surface area contributed by atoms with Gasteiger partial charge in [-0.05, 0) is 17.2 Å². The predicted octanol–water partition coefficient (Wildman–Crippen LogP) is 4.89. The Morgan fingerprint density at radius 1 is 1.00 bits per heavy atom. The van der Waals surface area contributed by atoms with Gasteiger partial charge in [-0.3, -0.25) is 0 Å². The number of esters is 1. The molecule has 3 heteroatoms. The summed E-state index contributed by atoms with van der Waals surface area (Å²) in [6, 6.07) is 19.6. The first kappa shape index (κ1) is 19.5. The van der Waals surface area contributed by atoms with Crippen molar-refractivity contribution in [3.63, 3.8) is 0 Å². The summed E-state index contributed by atoms with van der Waals surface area (Å²) in [5.41, 5.74) is 8.85.